The van der Waals surface area contributed by atoms with Crippen molar-refractivity contribution < 1.29 is 4.79 Å². The van der Waals surface area contributed by atoms with Crippen LogP contribution in [0.1, 0.15) is 10.5 Å². The minimum absolute atomic E-state index is 0.0730. The molecule has 3 aromatic rings. The molecule has 20 heavy (non-hydrogen) atoms. The zero-order valence-corrected chi connectivity index (χ0v) is 11.4. The van der Waals surface area contributed by atoms with E-state index in [4.69, 9.17) is 23.2 Å². The molecule has 6 nitrogen and oxygen atoms in total. The van der Waals surface area contributed by atoms with Crippen LogP contribution in [0.5, 0.6) is 0 Å². The lowest BCUT2D eigenvalue weighted by Crippen LogP contribution is -2.14. The number of halogens is 2. The first-order valence-corrected chi connectivity index (χ1v) is 6.33. The number of rotatable bonds is 2. The Hall–Kier alpha value is -2.18. The van der Waals surface area contributed by atoms with Gasteiger partial charge in [-0.15, -0.1) is 0 Å². The van der Waals surface area contributed by atoms with Crippen LogP contribution in [0.4, 0.5) is 5.82 Å². The van der Waals surface area contributed by atoms with E-state index in [1.807, 2.05) is 18.2 Å². The molecular formula is C12H7Cl2N5O. The Kier molecular flexibility index (Phi) is 3.25. The second-order valence-electron chi connectivity index (χ2n) is 3.90. The molecule has 0 saturated heterocycles. The molecule has 8 heteroatoms. The zero-order chi connectivity index (χ0) is 14.1. The number of anilines is 1. The van der Waals surface area contributed by atoms with E-state index < -0.39 is 5.91 Å². The molecule has 3 rings (SSSR count). The topological polar surface area (TPSA) is 83.6 Å². The number of fused-ring (bicyclic) bond motifs is 1. The van der Waals surface area contributed by atoms with E-state index in [0.717, 1.165) is 5.52 Å². The van der Waals surface area contributed by atoms with Crippen molar-refractivity contribution in [3.05, 3.63) is 46.5 Å². The molecule has 100 valence electrons. The summed E-state index contributed by atoms with van der Waals surface area (Å²) in [4.78, 5) is 19.8. The van der Waals surface area contributed by atoms with Crippen LogP contribution >= 0.6 is 23.2 Å². The van der Waals surface area contributed by atoms with E-state index in [-0.39, 0.29) is 21.7 Å². The summed E-state index contributed by atoms with van der Waals surface area (Å²) in [5, 5.41) is 10.2. The van der Waals surface area contributed by atoms with E-state index in [1.54, 1.807) is 6.07 Å². The molecule has 0 aliphatic carbocycles. The smallest absolute Gasteiger partial charge is 0.277 e. The van der Waals surface area contributed by atoms with Gasteiger partial charge in [0.25, 0.3) is 5.91 Å². The molecule has 0 aliphatic rings. The summed E-state index contributed by atoms with van der Waals surface area (Å²) >= 11 is 11.7. The van der Waals surface area contributed by atoms with Crippen LogP contribution in [0.3, 0.4) is 0 Å². The number of aromatic nitrogens is 4. The average molecular weight is 308 g/mol. The van der Waals surface area contributed by atoms with Crippen molar-refractivity contribution in [1.82, 2.24) is 20.2 Å². The van der Waals surface area contributed by atoms with Crippen LogP contribution in [0.25, 0.3) is 10.9 Å². The quantitative estimate of drug-likeness (QED) is 0.713. The van der Waals surface area contributed by atoms with Crippen molar-refractivity contribution in [2.24, 2.45) is 0 Å². The van der Waals surface area contributed by atoms with E-state index in [1.165, 1.54) is 6.33 Å². The fraction of sp³-hybridized carbons (Fsp3) is 0. The minimum Gasteiger partial charge on any atom is -0.304 e. The standard InChI is InChI=1S/C12H7Cl2N5O/c13-8-10(14)15-5-16-11(8)17-12(20)9-6-3-1-2-4-7(6)18-19-9/h1-5H,(H,18,19)(H,15,16,17,20). The number of aromatic amines is 1. The molecular weight excluding hydrogens is 301 g/mol. The second-order valence-corrected chi connectivity index (χ2v) is 4.63. The fourth-order valence-electron chi connectivity index (χ4n) is 1.74. The third-order valence-corrected chi connectivity index (χ3v) is 3.41. The molecule has 0 spiro atoms. The molecule has 2 aromatic heterocycles. The Morgan fingerprint density at radius 1 is 1.20 bits per heavy atom. The van der Waals surface area contributed by atoms with Gasteiger partial charge in [-0.05, 0) is 6.07 Å². The van der Waals surface area contributed by atoms with Crippen molar-refractivity contribution in [1.29, 1.82) is 0 Å². The SMILES string of the molecule is O=C(Nc1ncnc(Cl)c1Cl)c1n[nH]c2ccccc12. The Balaban J connectivity index is 1.95. The number of hydrogen-bond acceptors (Lipinski definition) is 4. The third-order valence-electron chi connectivity index (χ3n) is 2.66. The van der Waals surface area contributed by atoms with Crippen LogP contribution in [0, 0.1) is 0 Å². The molecule has 0 atom stereocenters. The van der Waals surface area contributed by atoms with Gasteiger partial charge < -0.3 is 5.32 Å². The number of hydrogen-bond donors (Lipinski definition) is 2. The maximum atomic E-state index is 12.2. The highest BCUT2D eigenvalue weighted by Gasteiger charge is 2.16. The molecule has 2 N–H and O–H groups in total. The summed E-state index contributed by atoms with van der Waals surface area (Å²) in [7, 11) is 0. The highest BCUT2D eigenvalue weighted by molar-refractivity contribution is 6.43. The van der Waals surface area contributed by atoms with Gasteiger partial charge in [-0.3, -0.25) is 9.89 Å². The van der Waals surface area contributed by atoms with Gasteiger partial charge in [0, 0.05) is 5.39 Å². The number of para-hydroxylation sites is 1. The van der Waals surface area contributed by atoms with E-state index >= 15 is 0 Å². The molecule has 0 aliphatic heterocycles. The summed E-state index contributed by atoms with van der Waals surface area (Å²) < 4.78 is 0. The fourth-order valence-corrected chi connectivity index (χ4v) is 2.02. The number of H-pyrrole nitrogens is 1. The minimum atomic E-state index is -0.431. The van der Waals surface area contributed by atoms with E-state index in [0.29, 0.717) is 5.39 Å². The molecule has 1 aromatic carbocycles. The largest absolute Gasteiger partial charge is 0.304 e. The first-order chi connectivity index (χ1) is 9.66. The number of nitrogens with one attached hydrogen (secondary N) is 2. The Morgan fingerprint density at radius 2 is 2.00 bits per heavy atom. The van der Waals surface area contributed by atoms with Gasteiger partial charge in [0.05, 0.1) is 5.52 Å². The molecule has 0 fully saturated rings. The van der Waals surface area contributed by atoms with Gasteiger partial charge in [0.2, 0.25) is 0 Å². The Labute approximate surface area is 123 Å². The van der Waals surface area contributed by atoms with Crippen molar-refractivity contribution in [3.63, 3.8) is 0 Å². The highest BCUT2D eigenvalue weighted by atomic mass is 35.5. The van der Waals surface area contributed by atoms with Crippen LogP contribution in [0.15, 0.2) is 30.6 Å². The van der Waals surface area contributed by atoms with Gasteiger partial charge in [0.15, 0.2) is 16.7 Å². The van der Waals surface area contributed by atoms with Gasteiger partial charge in [-0.1, -0.05) is 41.4 Å². The van der Waals surface area contributed by atoms with Crippen molar-refractivity contribution in [2.75, 3.05) is 5.32 Å². The average Bonchev–Trinajstić information content (AvgIpc) is 2.88. The van der Waals surface area contributed by atoms with Gasteiger partial charge >= 0.3 is 0 Å². The lowest BCUT2D eigenvalue weighted by Gasteiger charge is -2.04. The summed E-state index contributed by atoms with van der Waals surface area (Å²) in [6.45, 7) is 0. The summed E-state index contributed by atoms with van der Waals surface area (Å²) in [5.41, 5.74) is 1.02. The maximum Gasteiger partial charge on any atom is 0.277 e. The zero-order valence-electron chi connectivity index (χ0n) is 9.89. The normalized spacial score (nSPS) is 10.7. The predicted molar refractivity (Wildman–Crippen MR) is 76.1 cm³/mol. The predicted octanol–water partition coefficient (Wildman–Crippen LogP) is 2.91. The van der Waals surface area contributed by atoms with Crippen LogP contribution in [-0.2, 0) is 0 Å². The van der Waals surface area contributed by atoms with Crippen molar-refractivity contribution in [2.45, 2.75) is 0 Å². The summed E-state index contributed by atoms with van der Waals surface area (Å²) in [6.07, 6.45) is 1.21. The Morgan fingerprint density at radius 3 is 2.85 bits per heavy atom. The first kappa shape index (κ1) is 12.8. The van der Waals surface area contributed by atoms with Crippen LogP contribution in [0.2, 0.25) is 10.2 Å². The molecule has 1 amide bonds. The maximum absolute atomic E-state index is 12.2. The molecule has 2 heterocycles. The number of nitrogens with zero attached hydrogens (tertiary/aromatic N) is 3. The second kappa shape index (κ2) is 5.07. The Bertz CT molecular complexity index is 801. The molecule has 0 unspecified atom stereocenters. The summed E-state index contributed by atoms with van der Waals surface area (Å²) in [6, 6.07) is 7.29. The van der Waals surface area contributed by atoms with Gasteiger partial charge in [0.1, 0.15) is 11.3 Å². The molecule has 0 saturated carbocycles. The monoisotopic (exact) mass is 307 g/mol. The summed E-state index contributed by atoms with van der Waals surface area (Å²) in [5.74, 6) is -0.289. The van der Waals surface area contributed by atoms with E-state index in [2.05, 4.69) is 25.5 Å². The van der Waals surface area contributed by atoms with Crippen LogP contribution in [-0.4, -0.2) is 26.1 Å². The van der Waals surface area contributed by atoms with Crippen molar-refractivity contribution in [3.8, 4) is 0 Å². The third kappa shape index (κ3) is 2.19. The van der Waals surface area contributed by atoms with Gasteiger partial charge in [-0.2, -0.15) is 5.10 Å². The lowest BCUT2D eigenvalue weighted by molar-refractivity contribution is 0.102. The number of benzene rings is 1. The number of carbonyl (C=O) groups is 1. The molecule has 0 radical (unpaired) electrons. The molecule has 0 bridgehead atoms. The van der Waals surface area contributed by atoms with Gasteiger partial charge in [-0.25, -0.2) is 9.97 Å². The van der Waals surface area contributed by atoms with E-state index in [9.17, 15) is 4.79 Å². The lowest BCUT2D eigenvalue weighted by atomic mass is 10.2. The van der Waals surface area contributed by atoms with Crippen LogP contribution < -0.4 is 5.32 Å². The van der Waals surface area contributed by atoms with Crippen molar-refractivity contribution >= 4 is 45.8 Å². The number of carbonyl (C=O) groups excluding carboxylic acids is 1. The number of amides is 1. The first-order valence-electron chi connectivity index (χ1n) is 5.57. The highest BCUT2D eigenvalue weighted by Crippen LogP contribution is 2.26.